The van der Waals surface area contributed by atoms with E-state index in [-0.39, 0.29) is 13.2 Å². The Morgan fingerprint density at radius 2 is 2.04 bits per heavy atom. The van der Waals surface area contributed by atoms with Crippen molar-refractivity contribution in [3.05, 3.63) is 48.7 Å². The van der Waals surface area contributed by atoms with E-state index >= 15 is 0 Å². The van der Waals surface area contributed by atoms with Gasteiger partial charge in [-0.05, 0) is 18.2 Å². The van der Waals surface area contributed by atoms with E-state index in [2.05, 4.69) is 16.8 Å². The number of pyridine rings is 1. The van der Waals surface area contributed by atoms with Crippen LogP contribution in [0, 0.1) is 11.8 Å². The molecule has 7 heteroatoms. The molecule has 0 fully saturated rings. The number of aromatic nitrogens is 1. The van der Waals surface area contributed by atoms with Crippen LogP contribution in [-0.2, 0) is 0 Å². The second-order valence-corrected chi connectivity index (χ2v) is 4.28. The minimum absolute atomic E-state index is 0.0969. The maximum atomic E-state index is 10.6. The van der Waals surface area contributed by atoms with Crippen molar-refractivity contribution in [1.29, 1.82) is 0 Å². The van der Waals surface area contributed by atoms with Gasteiger partial charge in [0.15, 0.2) is 0 Å². The monoisotopic (exact) mass is 313 g/mol. The van der Waals surface area contributed by atoms with Gasteiger partial charge in [0.2, 0.25) is 5.88 Å². The summed E-state index contributed by atoms with van der Waals surface area (Å²) in [6.07, 6.45) is 1.64. The SMILES string of the molecule is NC(=O)N(O)CC#CCOc1cccc(Oc2ccccn2)c1. The molecular weight excluding hydrogens is 298 g/mol. The third kappa shape index (κ3) is 5.57. The van der Waals surface area contributed by atoms with Gasteiger partial charge in [0, 0.05) is 18.3 Å². The van der Waals surface area contributed by atoms with E-state index in [0.29, 0.717) is 22.4 Å². The zero-order chi connectivity index (χ0) is 16.5. The van der Waals surface area contributed by atoms with Crippen LogP contribution in [0.15, 0.2) is 48.7 Å². The number of amides is 2. The number of carbonyl (C=O) groups is 1. The largest absolute Gasteiger partial charge is 0.481 e. The van der Waals surface area contributed by atoms with Gasteiger partial charge in [0.1, 0.15) is 24.7 Å². The van der Waals surface area contributed by atoms with Gasteiger partial charge in [0.05, 0.1) is 0 Å². The molecule has 23 heavy (non-hydrogen) atoms. The summed E-state index contributed by atoms with van der Waals surface area (Å²) in [5, 5.41) is 9.33. The number of ether oxygens (including phenoxy) is 2. The van der Waals surface area contributed by atoms with Gasteiger partial charge in [-0.2, -0.15) is 5.06 Å². The average molecular weight is 313 g/mol. The van der Waals surface area contributed by atoms with Gasteiger partial charge in [-0.1, -0.05) is 24.0 Å². The summed E-state index contributed by atoms with van der Waals surface area (Å²) in [4.78, 5) is 14.6. The highest BCUT2D eigenvalue weighted by Crippen LogP contribution is 2.23. The Hall–Kier alpha value is -3.24. The molecule has 1 heterocycles. The van der Waals surface area contributed by atoms with E-state index in [1.54, 1.807) is 42.6 Å². The molecule has 0 aliphatic heterocycles. The van der Waals surface area contributed by atoms with Crippen molar-refractivity contribution >= 4 is 6.03 Å². The molecule has 3 N–H and O–H groups in total. The smallest absolute Gasteiger partial charge is 0.339 e. The molecule has 0 saturated heterocycles. The lowest BCUT2D eigenvalue weighted by atomic mass is 10.3. The normalized spacial score (nSPS) is 9.43. The number of urea groups is 1. The molecule has 0 aliphatic rings. The second-order valence-electron chi connectivity index (χ2n) is 4.28. The molecule has 0 atom stereocenters. The molecule has 0 aliphatic carbocycles. The summed E-state index contributed by atoms with van der Waals surface area (Å²) in [5.74, 6) is 6.85. The topological polar surface area (TPSA) is 97.9 Å². The van der Waals surface area contributed by atoms with Crippen LogP contribution in [0.1, 0.15) is 0 Å². The molecule has 0 spiro atoms. The first-order valence-electron chi connectivity index (χ1n) is 6.68. The number of hydroxylamine groups is 2. The summed E-state index contributed by atoms with van der Waals surface area (Å²) in [6, 6.07) is 11.4. The van der Waals surface area contributed by atoms with Crippen LogP contribution in [0.2, 0.25) is 0 Å². The Balaban J connectivity index is 1.86. The molecule has 0 radical (unpaired) electrons. The van der Waals surface area contributed by atoms with Gasteiger partial charge in [0.25, 0.3) is 0 Å². The maximum absolute atomic E-state index is 10.6. The van der Waals surface area contributed by atoms with E-state index in [1.807, 2.05) is 6.07 Å². The van der Waals surface area contributed by atoms with Crippen LogP contribution < -0.4 is 15.2 Å². The van der Waals surface area contributed by atoms with Gasteiger partial charge in [-0.15, -0.1) is 0 Å². The summed E-state index contributed by atoms with van der Waals surface area (Å²) in [5.41, 5.74) is 4.84. The zero-order valence-corrected chi connectivity index (χ0v) is 12.2. The van der Waals surface area contributed by atoms with Crippen molar-refractivity contribution in [2.24, 2.45) is 5.73 Å². The fourth-order valence-corrected chi connectivity index (χ4v) is 1.53. The maximum Gasteiger partial charge on any atom is 0.339 e. The van der Waals surface area contributed by atoms with E-state index in [9.17, 15) is 4.79 Å². The highest BCUT2D eigenvalue weighted by Gasteiger charge is 2.01. The number of nitrogens with zero attached hydrogens (tertiary/aromatic N) is 2. The van der Waals surface area contributed by atoms with Crippen molar-refractivity contribution in [1.82, 2.24) is 10.0 Å². The molecular formula is C16H15N3O4. The lowest BCUT2D eigenvalue weighted by Crippen LogP contribution is -2.32. The van der Waals surface area contributed by atoms with E-state index in [4.69, 9.17) is 20.4 Å². The first kappa shape index (κ1) is 16.1. The van der Waals surface area contributed by atoms with Gasteiger partial charge < -0.3 is 15.2 Å². The van der Waals surface area contributed by atoms with Crippen LogP contribution in [0.4, 0.5) is 4.79 Å². The zero-order valence-electron chi connectivity index (χ0n) is 12.2. The Labute approximate surface area is 133 Å². The number of carbonyl (C=O) groups excluding carboxylic acids is 1. The number of hydrogen-bond acceptors (Lipinski definition) is 5. The molecule has 2 aromatic rings. The van der Waals surface area contributed by atoms with Crippen LogP contribution in [0.25, 0.3) is 0 Å². The van der Waals surface area contributed by atoms with Gasteiger partial charge in [-0.3, -0.25) is 5.21 Å². The summed E-state index contributed by atoms with van der Waals surface area (Å²) in [7, 11) is 0. The van der Waals surface area contributed by atoms with Crippen molar-refractivity contribution in [3.8, 4) is 29.2 Å². The van der Waals surface area contributed by atoms with E-state index in [1.165, 1.54) is 0 Å². The number of nitrogens with two attached hydrogens (primary N) is 1. The summed E-state index contributed by atoms with van der Waals surface area (Å²) >= 11 is 0. The van der Waals surface area contributed by atoms with Gasteiger partial charge >= 0.3 is 6.03 Å². The number of rotatable bonds is 5. The van der Waals surface area contributed by atoms with Crippen molar-refractivity contribution in [3.63, 3.8) is 0 Å². The fraction of sp³-hybridized carbons (Fsp3) is 0.125. The third-order valence-electron chi connectivity index (χ3n) is 2.58. The second kappa shape index (κ2) is 8.26. The lowest BCUT2D eigenvalue weighted by Gasteiger charge is -2.07. The Morgan fingerprint density at radius 3 is 2.78 bits per heavy atom. The lowest BCUT2D eigenvalue weighted by molar-refractivity contribution is -0.0269. The number of hydrogen-bond donors (Lipinski definition) is 2. The molecule has 2 rings (SSSR count). The number of benzene rings is 1. The highest BCUT2D eigenvalue weighted by atomic mass is 16.5. The fourth-order valence-electron chi connectivity index (χ4n) is 1.53. The Morgan fingerprint density at radius 1 is 1.22 bits per heavy atom. The quantitative estimate of drug-likeness (QED) is 0.500. The third-order valence-corrected chi connectivity index (χ3v) is 2.58. The molecule has 0 unspecified atom stereocenters. The van der Waals surface area contributed by atoms with Crippen LogP contribution in [0.3, 0.4) is 0 Å². The molecule has 7 nitrogen and oxygen atoms in total. The van der Waals surface area contributed by atoms with Crippen molar-refractivity contribution < 1.29 is 19.5 Å². The molecule has 2 amide bonds. The van der Waals surface area contributed by atoms with Crippen LogP contribution >= 0.6 is 0 Å². The standard InChI is InChI=1S/C16H15N3O4/c17-16(20)19(21)10-3-4-11-22-13-6-5-7-14(12-13)23-15-8-1-2-9-18-15/h1-2,5-9,12,21H,10-11H2,(H2,17,20). The Kier molecular flexibility index (Phi) is 5.80. The molecule has 0 saturated carbocycles. The molecule has 0 bridgehead atoms. The first-order chi connectivity index (χ1) is 11.1. The van der Waals surface area contributed by atoms with E-state index < -0.39 is 6.03 Å². The predicted molar refractivity (Wildman–Crippen MR) is 82.1 cm³/mol. The average Bonchev–Trinajstić information content (AvgIpc) is 2.55. The Bertz CT molecular complexity index is 710. The minimum Gasteiger partial charge on any atom is -0.481 e. The van der Waals surface area contributed by atoms with Crippen molar-refractivity contribution in [2.45, 2.75) is 0 Å². The first-order valence-corrected chi connectivity index (χ1v) is 6.68. The molecule has 1 aromatic carbocycles. The summed E-state index contributed by atoms with van der Waals surface area (Å²) < 4.78 is 11.0. The van der Waals surface area contributed by atoms with Crippen molar-refractivity contribution in [2.75, 3.05) is 13.2 Å². The number of primary amides is 1. The molecule has 1 aromatic heterocycles. The molecule has 118 valence electrons. The highest BCUT2D eigenvalue weighted by molar-refractivity contribution is 5.70. The van der Waals surface area contributed by atoms with Gasteiger partial charge in [-0.25, -0.2) is 9.78 Å². The minimum atomic E-state index is -0.959. The predicted octanol–water partition coefficient (Wildman–Crippen LogP) is 2.03. The summed E-state index contributed by atoms with van der Waals surface area (Å²) in [6.45, 7) is -0.0822. The van der Waals surface area contributed by atoms with Crippen LogP contribution in [-0.4, -0.2) is 34.4 Å². The van der Waals surface area contributed by atoms with Crippen LogP contribution in [0.5, 0.6) is 17.4 Å². The van der Waals surface area contributed by atoms with E-state index in [0.717, 1.165) is 0 Å².